The van der Waals surface area contributed by atoms with Gasteiger partial charge in [-0.15, -0.1) is 0 Å². The number of benzene rings is 2. The van der Waals surface area contributed by atoms with Crippen molar-refractivity contribution in [3.63, 3.8) is 0 Å². The third kappa shape index (κ3) is 4.56. The van der Waals surface area contributed by atoms with Gasteiger partial charge in [0.2, 0.25) is 15.9 Å². The minimum Gasteiger partial charge on any atom is -0.459 e. The molecule has 0 aliphatic carbocycles. The van der Waals surface area contributed by atoms with Crippen LogP contribution in [0.5, 0.6) is 0 Å². The summed E-state index contributed by atoms with van der Waals surface area (Å²) in [6.07, 6.45) is 0.835. The largest absolute Gasteiger partial charge is 0.459 e. The molecule has 0 bridgehead atoms. The lowest BCUT2D eigenvalue weighted by Crippen LogP contribution is -2.26. The topological polar surface area (TPSA) is 88.4 Å². The highest BCUT2D eigenvalue weighted by Crippen LogP contribution is 2.23. The van der Waals surface area contributed by atoms with E-state index in [0.717, 1.165) is 16.5 Å². The number of carbonyl (C=O) groups is 1. The quantitative estimate of drug-likeness (QED) is 0.653. The van der Waals surface area contributed by atoms with Gasteiger partial charge >= 0.3 is 0 Å². The first-order valence-corrected chi connectivity index (χ1v) is 10.2. The second-order valence-corrected chi connectivity index (χ2v) is 8.21. The number of hydrogen-bond donors (Lipinski definition) is 2. The number of aryl methyl sites for hydroxylation is 1. The zero-order chi connectivity index (χ0) is 19.4. The average molecular weight is 386 g/mol. The average Bonchev–Trinajstić information content (AvgIpc) is 3.11. The van der Waals surface area contributed by atoms with Crippen molar-refractivity contribution in [2.75, 3.05) is 7.05 Å². The minimum atomic E-state index is -3.44. The fourth-order valence-corrected chi connectivity index (χ4v) is 3.54. The first-order chi connectivity index (χ1) is 12.9. The number of fused-ring (bicyclic) bond motifs is 1. The lowest BCUT2D eigenvalue weighted by atomic mass is 10.1. The van der Waals surface area contributed by atoms with Crippen LogP contribution < -0.4 is 10.0 Å². The number of carbonyl (C=O) groups excluding carboxylic acids is 1. The van der Waals surface area contributed by atoms with Crippen molar-refractivity contribution in [2.45, 2.75) is 30.7 Å². The molecule has 0 spiro atoms. The lowest BCUT2D eigenvalue weighted by molar-refractivity contribution is -0.121. The predicted octanol–water partition coefficient (Wildman–Crippen LogP) is 3.15. The van der Waals surface area contributed by atoms with Gasteiger partial charge < -0.3 is 9.73 Å². The molecule has 1 unspecified atom stereocenters. The highest BCUT2D eigenvalue weighted by atomic mass is 32.2. The van der Waals surface area contributed by atoms with Crippen molar-refractivity contribution >= 4 is 26.9 Å². The first kappa shape index (κ1) is 19.1. The molecule has 1 heterocycles. The summed E-state index contributed by atoms with van der Waals surface area (Å²) in [6.45, 7) is 1.88. The van der Waals surface area contributed by atoms with Gasteiger partial charge in [0.1, 0.15) is 11.3 Å². The van der Waals surface area contributed by atoms with Gasteiger partial charge in [0, 0.05) is 11.8 Å². The van der Waals surface area contributed by atoms with Crippen LogP contribution in [0.2, 0.25) is 0 Å². The fraction of sp³-hybridized carbons (Fsp3) is 0.250. The Labute approximate surface area is 158 Å². The van der Waals surface area contributed by atoms with Crippen molar-refractivity contribution in [3.05, 3.63) is 65.9 Å². The SMILES string of the molecule is CNS(=O)(=O)c1ccc(CCC(=O)NC(C)c2cc3ccccc3o2)cc1. The molecule has 0 saturated carbocycles. The molecule has 7 heteroatoms. The number of para-hydroxylation sites is 1. The van der Waals surface area contributed by atoms with Crippen molar-refractivity contribution in [2.24, 2.45) is 0 Å². The molecule has 142 valence electrons. The van der Waals surface area contributed by atoms with Gasteiger partial charge in [0.25, 0.3) is 0 Å². The van der Waals surface area contributed by atoms with E-state index in [0.29, 0.717) is 18.6 Å². The first-order valence-electron chi connectivity index (χ1n) is 8.69. The third-order valence-corrected chi connectivity index (χ3v) is 5.82. The number of amides is 1. The molecule has 2 aromatic carbocycles. The second kappa shape index (κ2) is 7.94. The van der Waals surface area contributed by atoms with Gasteiger partial charge in [-0.2, -0.15) is 0 Å². The summed E-state index contributed by atoms with van der Waals surface area (Å²) in [7, 11) is -2.07. The molecule has 3 aromatic rings. The van der Waals surface area contributed by atoms with Gasteiger partial charge in [-0.25, -0.2) is 13.1 Å². The molecule has 0 saturated heterocycles. The minimum absolute atomic E-state index is 0.0881. The highest BCUT2D eigenvalue weighted by molar-refractivity contribution is 7.89. The van der Waals surface area contributed by atoms with Crippen LogP contribution in [0.1, 0.15) is 30.7 Å². The van der Waals surface area contributed by atoms with E-state index in [9.17, 15) is 13.2 Å². The summed E-state index contributed by atoms with van der Waals surface area (Å²) in [6, 6.07) is 15.9. The molecule has 0 fully saturated rings. The third-order valence-electron chi connectivity index (χ3n) is 4.39. The van der Waals surface area contributed by atoms with Crippen LogP contribution in [0, 0.1) is 0 Å². The Morgan fingerprint density at radius 1 is 1.11 bits per heavy atom. The molecule has 0 aliphatic rings. The molecule has 6 nitrogen and oxygen atoms in total. The molecular formula is C20H22N2O4S. The predicted molar refractivity (Wildman–Crippen MR) is 104 cm³/mol. The molecule has 0 radical (unpaired) electrons. The molecule has 1 atom stereocenters. The standard InChI is InChI=1S/C20H22N2O4S/c1-14(19-13-16-5-3-4-6-18(16)26-19)22-20(23)12-9-15-7-10-17(11-8-15)27(24,25)21-2/h3-8,10-11,13-14,21H,9,12H2,1-2H3,(H,22,23). The number of rotatable bonds is 7. The summed E-state index contributed by atoms with van der Waals surface area (Å²) >= 11 is 0. The maximum Gasteiger partial charge on any atom is 0.240 e. The summed E-state index contributed by atoms with van der Waals surface area (Å²) < 4.78 is 31.5. The Hall–Kier alpha value is -2.64. The maximum absolute atomic E-state index is 12.2. The van der Waals surface area contributed by atoms with Crippen molar-refractivity contribution in [3.8, 4) is 0 Å². The van der Waals surface area contributed by atoms with E-state index in [1.54, 1.807) is 12.1 Å². The lowest BCUT2D eigenvalue weighted by Gasteiger charge is -2.11. The van der Waals surface area contributed by atoms with Crippen molar-refractivity contribution in [1.29, 1.82) is 0 Å². The molecule has 1 amide bonds. The van der Waals surface area contributed by atoms with Crippen LogP contribution in [0.4, 0.5) is 0 Å². The summed E-state index contributed by atoms with van der Waals surface area (Å²) in [5, 5.41) is 3.94. The van der Waals surface area contributed by atoms with E-state index in [1.807, 2.05) is 37.3 Å². The molecule has 27 heavy (non-hydrogen) atoms. The molecule has 2 N–H and O–H groups in total. The number of nitrogens with one attached hydrogen (secondary N) is 2. The van der Waals surface area contributed by atoms with E-state index in [-0.39, 0.29) is 16.8 Å². The Morgan fingerprint density at radius 3 is 2.48 bits per heavy atom. The van der Waals surface area contributed by atoms with Gasteiger partial charge in [-0.3, -0.25) is 4.79 Å². The summed E-state index contributed by atoms with van der Waals surface area (Å²) in [5.41, 5.74) is 1.70. The number of sulfonamides is 1. The van der Waals surface area contributed by atoms with Crippen molar-refractivity contribution in [1.82, 2.24) is 10.0 Å². The Bertz CT molecular complexity index is 1010. The maximum atomic E-state index is 12.2. The summed E-state index contributed by atoms with van der Waals surface area (Å²) in [4.78, 5) is 12.4. The number of furan rings is 1. The van der Waals surface area contributed by atoms with Gasteiger partial charge in [-0.1, -0.05) is 30.3 Å². The van der Waals surface area contributed by atoms with Crippen LogP contribution in [-0.4, -0.2) is 21.4 Å². The normalized spacial score (nSPS) is 12.8. The van der Waals surface area contributed by atoms with Crippen LogP contribution >= 0.6 is 0 Å². The van der Waals surface area contributed by atoms with Gasteiger partial charge in [0.05, 0.1) is 10.9 Å². The second-order valence-electron chi connectivity index (χ2n) is 6.33. The Morgan fingerprint density at radius 2 is 1.81 bits per heavy atom. The van der Waals surface area contributed by atoms with Gasteiger partial charge in [-0.05, 0) is 50.2 Å². The van der Waals surface area contributed by atoms with Crippen LogP contribution in [0.25, 0.3) is 11.0 Å². The fourth-order valence-electron chi connectivity index (χ4n) is 2.81. The van der Waals surface area contributed by atoms with E-state index in [4.69, 9.17) is 4.42 Å². The highest BCUT2D eigenvalue weighted by Gasteiger charge is 2.15. The van der Waals surface area contributed by atoms with Crippen LogP contribution in [0.15, 0.2) is 63.9 Å². The summed E-state index contributed by atoms with van der Waals surface area (Å²) in [5.74, 6) is 0.626. The Kier molecular flexibility index (Phi) is 5.62. The van der Waals surface area contributed by atoms with Crippen LogP contribution in [0.3, 0.4) is 0 Å². The molecule has 1 aromatic heterocycles. The van der Waals surface area contributed by atoms with E-state index >= 15 is 0 Å². The zero-order valence-corrected chi connectivity index (χ0v) is 16.0. The van der Waals surface area contributed by atoms with E-state index in [2.05, 4.69) is 10.0 Å². The molecule has 3 rings (SSSR count). The zero-order valence-electron chi connectivity index (χ0n) is 15.2. The smallest absolute Gasteiger partial charge is 0.240 e. The molecule has 0 aliphatic heterocycles. The molecular weight excluding hydrogens is 364 g/mol. The van der Waals surface area contributed by atoms with Crippen molar-refractivity contribution < 1.29 is 17.6 Å². The monoisotopic (exact) mass is 386 g/mol. The Balaban J connectivity index is 1.56. The number of hydrogen-bond acceptors (Lipinski definition) is 4. The van der Waals surface area contributed by atoms with E-state index in [1.165, 1.54) is 19.2 Å². The van der Waals surface area contributed by atoms with E-state index < -0.39 is 10.0 Å². The van der Waals surface area contributed by atoms with Gasteiger partial charge in [0.15, 0.2) is 0 Å². The van der Waals surface area contributed by atoms with Crippen LogP contribution in [-0.2, 0) is 21.2 Å².